The standard InChI is InChI=1S/C17H23N3S.HI/c1-3-18-17(20-13-16-10-9-14(2)21-16)19-12-11-15-7-5-4-6-8-15;/h4-10H,3,11-13H2,1-2H3,(H2,18,19,20);1H. The van der Waals surface area contributed by atoms with Crippen LogP contribution < -0.4 is 10.6 Å². The molecule has 0 aliphatic carbocycles. The van der Waals surface area contributed by atoms with Crippen molar-refractivity contribution in [3.8, 4) is 0 Å². The molecule has 1 aromatic carbocycles. The zero-order chi connectivity index (χ0) is 14.9. The lowest BCUT2D eigenvalue weighted by Crippen LogP contribution is -2.38. The molecule has 0 fully saturated rings. The van der Waals surface area contributed by atoms with Gasteiger partial charge in [0.1, 0.15) is 0 Å². The van der Waals surface area contributed by atoms with Crippen LogP contribution in [0.25, 0.3) is 0 Å². The Balaban J connectivity index is 0.00000242. The molecule has 120 valence electrons. The van der Waals surface area contributed by atoms with Gasteiger partial charge < -0.3 is 10.6 Å². The average Bonchev–Trinajstić information content (AvgIpc) is 2.91. The topological polar surface area (TPSA) is 36.4 Å². The Labute approximate surface area is 154 Å². The number of hydrogen-bond donors (Lipinski definition) is 2. The number of rotatable bonds is 6. The van der Waals surface area contributed by atoms with Crippen molar-refractivity contribution in [1.29, 1.82) is 0 Å². The van der Waals surface area contributed by atoms with Gasteiger partial charge in [-0.25, -0.2) is 4.99 Å². The van der Waals surface area contributed by atoms with Crippen molar-refractivity contribution in [3.63, 3.8) is 0 Å². The van der Waals surface area contributed by atoms with Gasteiger partial charge in [0.2, 0.25) is 0 Å². The summed E-state index contributed by atoms with van der Waals surface area (Å²) >= 11 is 1.81. The number of aryl methyl sites for hydroxylation is 1. The molecule has 5 heteroatoms. The number of benzene rings is 1. The van der Waals surface area contributed by atoms with Crippen molar-refractivity contribution in [1.82, 2.24) is 10.6 Å². The highest BCUT2D eigenvalue weighted by molar-refractivity contribution is 14.0. The van der Waals surface area contributed by atoms with Gasteiger partial charge in [-0.15, -0.1) is 35.3 Å². The molecule has 22 heavy (non-hydrogen) atoms. The Morgan fingerprint density at radius 3 is 2.50 bits per heavy atom. The van der Waals surface area contributed by atoms with E-state index in [-0.39, 0.29) is 24.0 Å². The molecule has 1 heterocycles. The van der Waals surface area contributed by atoms with Crippen LogP contribution in [0.3, 0.4) is 0 Å². The van der Waals surface area contributed by atoms with E-state index in [4.69, 9.17) is 0 Å². The molecule has 1 aromatic heterocycles. The number of aliphatic imine (C=N–C) groups is 1. The van der Waals surface area contributed by atoms with Crippen LogP contribution in [-0.4, -0.2) is 19.0 Å². The van der Waals surface area contributed by atoms with Gasteiger partial charge in [-0.2, -0.15) is 0 Å². The second kappa shape index (κ2) is 10.6. The second-order valence-electron chi connectivity index (χ2n) is 4.87. The molecule has 0 saturated heterocycles. The lowest BCUT2D eigenvalue weighted by atomic mass is 10.1. The zero-order valence-electron chi connectivity index (χ0n) is 13.1. The number of halogens is 1. The number of nitrogens with one attached hydrogen (secondary N) is 2. The number of nitrogens with zero attached hydrogens (tertiary/aromatic N) is 1. The van der Waals surface area contributed by atoms with Gasteiger partial charge in [0, 0.05) is 22.8 Å². The Morgan fingerprint density at radius 2 is 1.86 bits per heavy atom. The van der Waals surface area contributed by atoms with Crippen LogP contribution in [0.2, 0.25) is 0 Å². The molecule has 2 rings (SSSR count). The van der Waals surface area contributed by atoms with E-state index in [1.807, 2.05) is 6.07 Å². The third kappa shape index (κ3) is 6.79. The Morgan fingerprint density at radius 1 is 1.09 bits per heavy atom. The van der Waals surface area contributed by atoms with Crippen LogP contribution >= 0.6 is 35.3 Å². The van der Waals surface area contributed by atoms with E-state index >= 15 is 0 Å². The minimum absolute atomic E-state index is 0. The van der Waals surface area contributed by atoms with E-state index in [0.717, 1.165) is 32.0 Å². The number of guanidine groups is 1. The van der Waals surface area contributed by atoms with Crippen molar-refractivity contribution >= 4 is 41.3 Å². The molecule has 0 aliphatic rings. The van der Waals surface area contributed by atoms with Gasteiger partial charge in [-0.3, -0.25) is 0 Å². The predicted octanol–water partition coefficient (Wildman–Crippen LogP) is 3.97. The normalized spacial score (nSPS) is 10.9. The summed E-state index contributed by atoms with van der Waals surface area (Å²) in [6, 6.07) is 14.8. The molecule has 0 atom stereocenters. The summed E-state index contributed by atoms with van der Waals surface area (Å²) in [6.07, 6.45) is 1.00. The third-order valence-electron chi connectivity index (χ3n) is 3.08. The summed E-state index contributed by atoms with van der Waals surface area (Å²) in [5.41, 5.74) is 1.34. The maximum absolute atomic E-state index is 4.63. The molecule has 0 radical (unpaired) electrons. The van der Waals surface area contributed by atoms with E-state index in [9.17, 15) is 0 Å². The maximum Gasteiger partial charge on any atom is 0.191 e. The fourth-order valence-corrected chi connectivity index (χ4v) is 2.85. The van der Waals surface area contributed by atoms with Crippen LogP contribution in [0.1, 0.15) is 22.2 Å². The first kappa shape index (κ1) is 19.0. The van der Waals surface area contributed by atoms with Crippen LogP contribution in [0.15, 0.2) is 47.5 Å². The highest BCUT2D eigenvalue weighted by Gasteiger charge is 1.99. The molecule has 2 aromatic rings. The lowest BCUT2D eigenvalue weighted by molar-refractivity contribution is 0.801. The highest BCUT2D eigenvalue weighted by Crippen LogP contribution is 2.15. The molecule has 0 bridgehead atoms. The van der Waals surface area contributed by atoms with Gasteiger partial charge in [0.25, 0.3) is 0 Å². The van der Waals surface area contributed by atoms with Gasteiger partial charge in [0.05, 0.1) is 6.54 Å². The summed E-state index contributed by atoms with van der Waals surface area (Å²) < 4.78 is 0. The maximum atomic E-state index is 4.63. The van der Waals surface area contributed by atoms with E-state index < -0.39 is 0 Å². The zero-order valence-corrected chi connectivity index (χ0v) is 16.3. The molecule has 0 spiro atoms. The van der Waals surface area contributed by atoms with Crippen molar-refractivity contribution in [3.05, 3.63) is 57.8 Å². The van der Waals surface area contributed by atoms with Gasteiger partial charge in [0.15, 0.2) is 5.96 Å². The van der Waals surface area contributed by atoms with Gasteiger partial charge >= 0.3 is 0 Å². The summed E-state index contributed by atoms with van der Waals surface area (Å²) in [6.45, 7) is 6.71. The Hall–Kier alpha value is -1.08. The summed E-state index contributed by atoms with van der Waals surface area (Å²) in [5, 5.41) is 6.68. The second-order valence-corrected chi connectivity index (χ2v) is 6.24. The number of thiophene rings is 1. The minimum atomic E-state index is 0. The fourth-order valence-electron chi connectivity index (χ4n) is 2.04. The first-order valence-electron chi connectivity index (χ1n) is 7.39. The SMILES string of the molecule is CCNC(=NCc1ccc(C)s1)NCCc1ccccc1.I. The predicted molar refractivity (Wildman–Crippen MR) is 107 cm³/mol. The van der Waals surface area contributed by atoms with E-state index in [1.165, 1.54) is 15.3 Å². The Kier molecular flexibility index (Phi) is 9.15. The number of hydrogen-bond acceptors (Lipinski definition) is 2. The van der Waals surface area contributed by atoms with Crippen LogP contribution in [0.4, 0.5) is 0 Å². The van der Waals surface area contributed by atoms with E-state index in [2.05, 4.69) is 65.9 Å². The smallest absolute Gasteiger partial charge is 0.191 e. The fraction of sp³-hybridized carbons (Fsp3) is 0.353. The van der Waals surface area contributed by atoms with Crippen molar-refractivity contribution in [2.24, 2.45) is 4.99 Å². The first-order chi connectivity index (χ1) is 10.3. The highest BCUT2D eigenvalue weighted by atomic mass is 127. The van der Waals surface area contributed by atoms with E-state index in [0.29, 0.717) is 0 Å². The lowest BCUT2D eigenvalue weighted by Gasteiger charge is -2.11. The van der Waals surface area contributed by atoms with Crippen molar-refractivity contribution < 1.29 is 0 Å². The van der Waals surface area contributed by atoms with Crippen molar-refractivity contribution in [2.75, 3.05) is 13.1 Å². The monoisotopic (exact) mass is 429 g/mol. The molecule has 3 nitrogen and oxygen atoms in total. The molecule has 0 aliphatic heterocycles. The van der Waals surface area contributed by atoms with Gasteiger partial charge in [-0.1, -0.05) is 30.3 Å². The van der Waals surface area contributed by atoms with Crippen LogP contribution in [0.5, 0.6) is 0 Å². The van der Waals surface area contributed by atoms with Crippen LogP contribution in [-0.2, 0) is 13.0 Å². The molecule has 0 amide bonds. The first-order valence-corrected chi connectivity index (χ1v) is 8.21. The Bertz CT molecular complexity index is 566. The van der Waals surface area contributed by atoms with Crippen molar-refractivity contribution in [2.45, 2.75) is 26.8 Å². The van der Waals surface area contributed by atoms with Crippen LogP contribution in [0, 0.1) is 6.92 Å². The average molecular weight is 429 g/mol. The van der Waals surface area contributed by atoms with E-state index in [1.54, 1.807) is 11.3 Å². The minimum Gasteiger partial charge on any atom is -0.357 e. The summed E-state index contributed by atoms with van der Waals surface area (Å²) in [4.78, 5) is 7.27. The summed E-state index contributed by atoms with van der Waals surface area (Å²) in [7, 11) is 0. The molecular formula is C17H24IN3S. The molecular weight excluding hydrogens is 405 g/mol. The molecule has 2 N–H and O–H groups in total. The van der Waals surface area contributed by atoms with Gasteiger partial charge in [-0.05, 0) is 38.0 Å². The molecule has 0 saturated carbocycles. The largest absolute Gasteiger partial charge is 0.357 e. The summed E-state index contributed by atoms with van der Waals surface area (Å²) in [5.74, 6) is 0.888. The quantitative estimate of drug-likeness (QED) is 0.414. The molecule has 0 unspecified atom stereocenters. The third-order valence-corrected chi connectivity index (χ3v) is 4.07.